The Morgan fingerprint density at radius 3 is 1.84 bits per heavy atom. The first-order valence-electron chi connectivity index (χ1n) is 17.4. The molecule has 7 aromatic carbocycles. The van der Waals surface area contributed by atoms with Crippen molar-refractivity contribution in [2.24, 2.45) is 0 Å². The van der Waals surface area contributed by atoms with Gasteiger partial charge in [-0.15, -0.1) is 0 Å². The van der Waals surface area contributed by atoms with E-state index in [4.69, 9.17) is 6.57 Å². The molecule has 260 valence electrons. The highest BCUT2D eigenvalue weighted by Gasteiger charge is 2.34. The Balaban J connectivity index is 1.44. The second-order valence-corrected chi connectivity index (χ2v) is 13.4. The predicted octanol–water partition coefficient (Wildman–Crippen LogP) is 12.8. The van der Waals surface area contributed by atoms with Crippen molar-refractivity contribution in [3.63, 3.8) is 0 Å². The van der Waals surface area contributed by atoms with Crippen LogP contribution in [0.1, 0.15) is 22.3 Å². The molecule has 0 radical (unpaired) electrons. The molecule has 0 amide bonds. The van der Waals surface area contributed by atoms with E-state index < -0.39 is 11.7 Å². The molecule has 0 aliphatic carbocycles. The van der Waals surface area contributed by atoms with Gasteiger partial charge in [-0.25, -0.2) is 4.85 Å². The van der Waals surface area contributed by atoms with Gasteiger partial charge < -0.3 is 9.13 Å². The lowest BCUT2D eigenvalue weighted by Gasteiger charge is -2.21. The standard InChI is InChI=1S/C47H26F3N5/c1-28-8-7-11-39(47(48,49)50)46(28)31-16-20-43(54-40-12-5-4-10-34(40)38-25-32(53-2)17-21-44(38)54)37(24-31)35-18-14-30(27-52)23-45(35)55-41-13-6-3-9-33(41)36-22-29(26-51)15-19-42(36)55/h3-25H,1H3. The van der Waals surface area contributed by atoms with E-state index in [-0.39, 0.29) is 5.56 Å². The SMILES string of the molecule is [C-]#[N+]c1ccc2c(c1)c1ccccc1n2-c1ccc(-c2c(C)cccc2C(F)(F)F)cc1-c1ccc(C#N)cc1-n1c2ccccc2c2cc(C#N)ccc21. The maximum Gasteiger partial charge on any atom is 0.417 e. The van der Waals surface area contributed by atoms with Gasteiger partial charge in [-0.2, -0.15) is 23.7 Å². The molecular weight excluding hydrogens is 692 g/mol. The minimum absolute atomic E-state index is 0.0859. The predicted molar refractivity (Wildman–Crippen MR) is 211 cm³/mol. The van der Waals surface area contributed by atoms with E-state index in [9.17, 15) is 23.7 Å². The number of fused-ring (bicyclic) bond motifs is 6. The first-order chi connectivity index (χ1) is 26.7. The van der Waals surface area contributed by atoms with Crippen LogP contribution in [-0.4, -0.2) is 9.13 Å². The Bertz CT molecular complexity index is 3200. The van der Waals surface area contributed by atoms with Crippen LogP contribution >= 0.6 is 0 Å². The Morgan fingerprint density at radius 1 is 0.564 bits per heavy atom. The van der Waals surface area contributed by atoms with Crippen LogP contribution in [0, 0.1) is 36.2 Å². The lowest BCUT2D eigenvalue weighted by molar-refractivity contribution is -0.137. The molecule has 55 heavy (non-hydrogen) atoms. The maximum absolute atomic E-state index is 14.7. The third-order valence-electron chi connectivity index (χ3n) is 10.3. The summed E-state index contributed by atoms with van der Waals surface area (Å²) >= 11 is 0. The number of para-hydroxylation sites is 2. The third kappa shape index (κ3) is 5.22. The summed E-state index contributed by atoms with van der Waals surface area (Å²) in [5.74, 6) is 0. The fourth-order valence-corrected chi connectivity index (χ4v) is 8.00. The highest BCUT2D eigenvalue weighted by atomic mass is 19.4. The molecule has 0 atom stereocenters. The van der Waals surface area contributed by atoms with Crippen molar-refractivity contribution in [3.8, 4) is 45.8 Å². The molecule has 9 aromatic rings. The van der Waals surface area contributed by atoms with Crippen LogP contribution < -0.4 is 0 Å². The molecule has 9 rings (SSSR count). The zero-order valence-corrected chi connectivity index (χ0v) is 29.1. The van der Waals surface area contributed by atoms with Gasteiger partial charge in [0, 0.05) is 27.3 Å². The first kappa shape index (κ1) is 33.3. The van der Waals surface area contributed by atoms with Gasteiger partial charge in [0.15, 0.2) is 5.69 Å². The largest absolute Gasteiger partial charge is 0.417 e. The molecule has 0 N–H and O–H groups in total. The van der Waals surface area contributed by atoms with Gasteiger partial charge in [0.2, 0.25) is 0 Å². The number of nitrogens with zero attached hydrogens (tertiary/aromatic N) is 5. The quantitative estimate of drug-likeness (QED) is 0.170. The van der Waals surface area contributed by atoms with E-state index in [1.54, 1.807) is 43.3 Å². The first-order valence-corrected chi connectivity index (χ1v) is 17.4. The van der Waals surface area contributed by atoms with Crippen LogP contribution in [0.25, 0.3) is 82.1 Å². The van der Waals surface area contributed by atoms with E-state index in [1.165, 1.54) is 6.07 Å². The lowest BCUT2D eigenvalue weighted by Crippen LogP contribution is -2.08. The Hall–Kier alpha value is -7.60. The summed E-state index contributed by atoms with van der Waals surface area (Å²) in [5, 5.41) is 23.5. The zero-order valence-electron chi connectivity index (χ0n) is 29.1. The van der Waals surface area contributed by atoms with Crippen LogP contribution in [0.5, 0.6) is 0 Å². The highest BCUT2D eigenvalue weighted by molar-refractivity contribution is 6.12. The minimum Gasteiger partial charge on any atom is -0.309 e. The summed E-state index contributed by atoms with van der Waals surface area (Å²) in [6.07, 6.45) is -4.60. The van der Waals surface area contributed by atoms with Gasteiger partial charge in [-0.3, -0.25) is 0 Å². The summed E-state index contributed by atoms with van der Waals surface area (Å²) in [4.78, 5) is 3.67. The average Bonchev–Trinajstić information content (AvgIpc) is 3.72. The van der Waals surface area contributed by atoms with E-state index in [2.05, 4.69) is 26.1 Å². The van der Waals surface area contributed by atoms with Crippen molar-refractivity contribution in [2.75, 3.05) is 0 Å². The number of benzene rings is 7. The van der Waals surface area contributed by atoms with Crippen molar-refractivity contribution >= 4 is 49.3 Å². The van der Waals surface area contributed by atoms with Gasteiger partial charge in [0.05, 0.1) is 68.8 Å². The molecular formula is C47H26F3N5. The number of alkyl halides is 3. The second-order valence-electron chi connectivity index (χ2n) is 13.4. The number of halogens is 3. The van der Waals surface area contributed by atoms with Crippen LogP contribution in [0.4, 0.5) is 18.9 Å². The van der Waals surface area contributed by atoms with Crippen LogP contribution in [0.15, 0.2) is 140 Å². The molecule has 0 fully saturated rings. The second kappa shape index (κ2) is 12.5. The van der Waals surface area contributed by atoms with Gasteiger partial charge in [-0.1, -0.05) is 66.7 Å². The molecule has 2 aromatic heterocycles. The van der Waals surface area contributed by atoms with Gasteiger partial charge >= 0.3 is 6.18 Å². The Labute approximate surface area is 313 Å². The maximum atomic E-state index is 14.7. The third-order valence-corrected chi connectivity index (χ3v) is 10.3. The van der Waals surface area contributed by atoms with Gasteiger partial charge in [0.1, 0.15) is 0 Å². The number of hydrogen-bond acceptors (Lipinski definition) is 2. The van der Waals surface area contributed by atoms with Crippen molar-refractivity contribution in [1.82, 2.24) is 9.13 Å². The van der Waals surface area contributed by atoms with E-state index in [0.717, 1.165) is 49.7 Å². The monoisotopic (exact) mass is 717 g/mol. The fourth-order valence-electron chi connectivity index (χ4n) is 8.00. The van der Waals surface area contributed by atoms with Crippen molar-refractivity contribution in [2.45, 2.75) is 13.1 Å². The van der Waals surface area contributed by atoms with E-state index in [0.29, 0.717) is 50.4 Å². The summed E-state index contributed by atoms with van der Waals surface area (Å²) in [7, 11) is 0. The number of hydrogen-bond donors (Lipinski definition) is 0. The summed E-state index contributed by atoms with van der Waals surface area (Å²) in [6, 6.07) is 46.2. The molecule has 5 nitrogen and oxygen atoms in total. The molecule has 0 unspecified atom stereocenters. The van der Waals surface area contributed by atoms with Gasteiger partial charge in [0.25, 0.3) is 0 Å². The van der Waals surface area contributed by atoms with Crippen LogP contribution in [0.2, 0.25) is 0 Å². The zero-order chi connectivity index (χ0) is 38.0. The fraction of sp³-hybridized carbons (Fsp3) is 0.0426. The molecule has 0 spiro atoms. The van der Waals surface area contributed by atoms with Gasteiger partial charge in [-0.05, 0) is 102 Å². The molecule has 2 heterocycles. The van der Waals surface area contributed by atoms with Crippen LogP contribution in [-0.2, 0) is 6.18 Å². The summed E-state index contributed by atoms with van der Waals surface area (Å²) in [6.45, 7) is 9.37. The number of aromatic nitrogens is 2. The topological polar surface area (TPSA) is 61.8 Å². The Kier molecular flexibility index (Phi) is 7.57. The lowest BCUT2D eigenvalue weighted by atomic mass is 9.90. The van der Waals surface area contributed by atoms with E-state index in [1.807, 2.05) is 91.0 Å². The molecule has 0 saturated heterocycles. The molecule has 0 bridgehead atoms. The normalized spacial score (nSPS) is 11.6. The minimum atomic E-state index is -4.60. The number of aryl methyl sites for hydroxylation is 1. The number of nitriles is 2. The highest BCUT2D eigenvalue weighted by Crippen LogP contribution is 2.45. The van der Waals surface area contributed by atoms with Crippen molar-refractivity contribution < 1.29 is 13.2 Å². The van der Waals surface area contributed by atoms with E-state index >= 15 is 0 Å². The Morgan fingerprint density at radius 2 is 1.16 bits per heavy atom. The molecule has 8 heteroatoms. The molecule has 0 saturated carbocycles. The number of rotatable bonds is 4. The van der Waals surface area contributed by atoms with Crippen molar-refractivity contribution in [1.29, 1.82) is 10.5 Å². The average molecular weight is 718 g/mol. The smallest absolute Gasteiger partial charge is 0.309 e. The van der Waals surface area contributed by atoms with Crippen molar-refractivity contribution in [3.05, 3.63) is 173 Å². The summed E-state index contributed by atoms with van der Waals surface area (Å²) in [5.41, 5.74) is 7.58. The summed E-state index contributed by atoms with van der Waals surface area (Å²) < 4.78 is 48.1. The molecule has 0 aliphatic heterocycles. The van der Waals surface area contributed by atoms with Crippen LogP contribution in [0.3, 0.4) is 0 Å². The molecule has 0 aliphatic rings.